The fourth-order valence-corrected chi connectivity index (χ4v) is 3.40. The number of esters is 1. The number of ether oxygens (including phenoxy) is 1. The fourth-order valence-electron chi connectivity index (χ4n) is 3.04. The van der Waals surface area contributed by atoms with Crippen molar-refractivity contribution in [3.8, 4) is 5.75 Å². The number of phenolic OH excluding ortho intramolecular Hbond substituents is 1. The summed E-state index contributed by atoms with van der Waals surface area (Å²) in [6.45, 7) is 3.51. The number of carbonyl (C=O) groups excluding carboxylic acids is 2. The van der Waals surface area contributed by atoms with Crippen LogP contribution >= 0.6 is 15.9 Å². The Kier molecular flexibility index (Phi) is 4.81. The molecule has 6 heteroatoms. The number of carbonyl (C=O) groups is 2. The molecule has 130 valence electrons. The number of rotatable bonds is 3. The zero-order valence-electron chi connectivity index (χ0n) is 13.9. The smallest absolute Gasteiger partial charge is 0.342 e. The topological polar surface area (TPSA) is 66.8 Å². The van der Waals surface area contributed by atoms with E-state index in [-0.39, 0.29) is 23.3 Å². The van der Waals surface area contributed by atoms with Crippen molar-refractivity contribution in [3.63, 3.8) is 0 Å². The lowest BCUT2D eigenvalue weighted by Gasteiger charge is -2.26. The summed E-state index contributed by atoms with van der Waals surface area (Å²) in [5.41, 5.74) is 1.98. The minimum atomic E-state index is -0.959. The monoisotopic (exact) mass is 403 g/mol. The number of benzene rings is 2. The molecule has 2 atom stereocenters. The number of para-hydroxylation sites is 1. The third-order valence-electron chi connectivity index (χ3n) is 4.25. The van der Waals surface area contributed by atoms with Gasteiger partial charge in [0.25, 0.3) is 5.91 Å². The largest absolute Gasteiger partial charge is 0.507 e. The first-order chi connectivity index (χ1) is 11.9. The Hall–Kier alpha value is -2.34. The first-order valence-electron chi connectivity index (χ1n) is 7.99. The molecule has 0 radical (unpaired) electrons. The van der Waals surface area contributed by atoms with Crippen molar-refractivity contribution in [2.75, 3.05) is 4.90 Å². The van der Waals surface area contributed by atoms with Crippen LogP contribution in [0.15, 0.2) is 46.9 Å². The highest BCUT2D eigenvalue weighted by Crippen LogP contribution is 2.32. The molecule has 0 aliphatic carbocycles. The van der Waals surface area contributed by atoms with Crippen molar-refractivity contribution < 1.29 is 19.4 Å². The Labute approximate surface area is 154 Å². The van der Waals surface area contributed by atoms with Crippen molar-refractivity contribution in [1.82, 2.24) is 0 Å². The molecule has 1 aliphatic heterocycles. The molecule has 5 nitrogen and oxygen atoms in total. The second-order valence-corrected chi connectivity index (χ2v) is 7.01. The van der Waals surface area contributed by atoms with Gasteiger partial charge in [0, 0.05) is 16.2 Å². The van der Waals surface area contributed by atoms with E-state index in [9.17, 15) is 14.7 Å². The lowest BCUT2D eigenvalue weighted by molar-refractivity contribution is -0.126. The molecular formula is C19H18BrNO4. The zero-order valence-corrected chi connectivity index (χ0v) is 15.5. The van der Waals surface area contributed by atoms with E-state index in [2.05, 4.69) is 15.9 Å². The van der Waals surface area contributed by atoms with Crippen LogP contribution in [0.5, 0.6) is 5.75 Å². The highest BCUT2D eigenvalue weighted by atomic mass is 79.9. The molecule has 0 aromatic heterocycles. The molecule has 0 saturated carbocycles. The Morgan fingerprint density at radius 1 is 1.28 bits per heavy atom. The number of hydrogen-bond donors (Lipinski definition) is 1. The van der Waals surface area contributed by atoms with E-state index in [0.29, 0.717) is 4.47 Å². The van der Waals surface area contributed by atoms with Crippen molar-refractivity contribution in [1.29, 1.82) is 0 Å². The number of anilines is 1. The van der Waals surface area contributed by atoms with Gasteiger partial charge >= 0.3 is 5.97 Å². The van der Waals surface area contributed by atoms with Gasteiger partial charge in [-0.2, -0.15) is 0 Å². The number of aromatic hydroxyl groups is 1. The molecule has 25 heavy (non-hydrogen) atoms. The minimum absolute atomic E-state index is 0.00493. The van der Waals surface area contributed by atoms with Crippen molar-refractivity contribution in [2.24, 2.45) is 0 Å². The van der Waals surface area contributed by atoms with E-state index in [0.717, 1.165) is 17.7 Å². The van der Waals surface area contributed by atoms with Crippen LogP contribution < -0.4 is 4.90 Å². The van der Waals surface area contributed by atoms with Crippen LogP contribution in [0.4, 0.5) is 5.69 Å². The summed E-state index contributed by atoms with van der Waals surface area (Å²) in [5.74, 6) is -1.20. The first-order valence-corrected chi connectivity index (χ1v) is 8.78. The summed E-state index contributed by atoms with van der Waals surface area (Å²) in [6.07, 6.45) is -0.186. The number of halogens is 1. The molecule has 1 heterocycles. The molecule has 0 saturated heterocycles. The summed E-state index contributed by atoms with van der Waals surface area (Å²) in [7, 11) is 0. The fraction of sp³-hybridized carbons (Fsp3) is 0.263. The zero-order chi connectivity index (χ0) is 18.1. The quantitative estimate of drug-likeness (QED) is 0.793. The van der Waals surface area contributed by atoms with Crippen LogP contribution in [-0.4, -0.2) is 29.1 Å². The Morgan fingerprint density at radius 2 is 2.00 bits per heavy atom. The van der Waals surface area contributed by atoms with E-state index < -0.39 is 12.1 Å². The first kappa shape index (κ1) is 17.5. The molecule has 0 spiro atoms. The number of fused-ring (bicyclic) bond motifs is 1. The molecule has 2 aromatic carbocycles. The number of hydrogen-bond acceptors (Lipinski definition) is 4. The Balaban J connectivity index is 1.77. The maximum absolute atomic E-state index is 12.8. The second-order valence-electron chi connectivity index (χ2n) is 6.10. The maximum Gasteiger partial charge on any atom is 0.342 e. The van der Waals surface area contributed by atoms with Gasteiger partial charge in [0.2, 0.25) is 0 Å². The van der Waals surface area contributed by atoms with Crippen LogP contribution in [0.1, 0.15) is 29.8 Å². The van der Waals surface area contributed by atoms with Gasteiger partial charge in [-0.05, 0) is 50.1 Å². The second kappa shape index (κ2) is 6.88. The maximum atomic E-state index is 12.8. The van der Waals surface area contributed by atoms with Gasteiger partial charge in [-0.3, -0.25) is 4.79 Å². The molecular weight excluding hydrogens is 386 g/mol. The predicted molar refractivity (Wildman–Crippen MR) is 97.8 cm³/mol. The van der Waals surface area contributed by atoms with Gasteiger partial charge < -0.3 is 14.7 Å². The minimum Gasteiger partial charge on any atom is -0.507 e. The SMILES string of the molecule is C[C@@H](OC(=O)c1cc(Br)ccc1O)C(=O)N1c2ccccc2C[C@@H]1C. The van der Waals surface area contributed by atoms with Gasteiger partial charge in [0.15, 0.2) is 6.10 Å². The van der Waals surface area contributed by atoms with Crippen molar-refractivity contribution in [3.05, 3.63) is 58.1 Å². The Morgan fingerprint density at radius 3 is 2.76 bits per heavy atom. The third kappa shape index (κ3) is 3.39. The van der Waals surface area contributed by atoms with Crippen LogP contribution in [0, 0.1) is 0 Å². The Bertz CT molecular complexity index is 836. The van der Waals surface area contributed by atoms with Crippen LogP contribution in [-0.2, 0) is 16.0 Å². The van der Waals surface area contributed by atoms with Gasteiger partial charge in [0.05, 0.1) is 0 Å². The third-order valence-corrected chi connectivity index (χ3v) is 4.75. The number of phenols is 1. The van der Waals surface area contributed by atoms with Crippen molar-refractivity contribution in [2.45, 2.75) is 32.4 Å². The summed E-state index contributed by atoms with van der Waals surface area (Å²) in [6, 6.07) is 12.2. The molecule has 0 fully saturated rings. The van der Waals surface area contributed by atoms with E-state index in [1.807, 2.05) is 31.2 Å². The molecule has 1 N–H and O–H groups in total. The molecule has 0 unspecified atom stereocenters. The van der Waals surface area contributed by atoms with E-state index in [4.69, 9.17) is 4.74 Å². The van der Waals surface area contributed by atoms with Gasteiger partial charge in [-0.1, -0.05) is 34.1 Å². The van der Waals surface area contributed by atoms with Crippen LogP contribution in [0.2, 0.25) is 0 Å². The van der Waals surface area contributed by atoms with Crippen molar-refractivity contribution >= 4 is 33.5 Å². The van der Waals surface area contributed by atoms with E-state index in [1.54, 1.807) is 17.9 Å². The van der Waals surface area contributed by atoms with Gasteiger partial charge in [-0.15, -0.1) is 0 Å². The summed E-state index contributed by atoms with van der Waals surface area (Å²) in [4.78, 5) is 26.8. The highest BCUT2D eigenvalue weighted by molar-refractivity contribution is 9.10. The lowest BCUT2D eigenvalue weighted by atomic mass is 10.1. The van der Waals surface area contributed by atoms with Crippen LogP contribution in [0.25, 0.3) is 0 Å². The number of nitrogens with zero attached hydrogens (tertiary/aromatic N) is 1. The highest BCUT2D eigenvalue weighted by Gasteiger charge is 2.34. The summed E-state index contributed by atoms with van der Waals surface area (Å²) < 4.78 is 5.94. The molecule has 1 amide bonds. The average molecular weight is 404 g/mol. The molecule has 2 aromatic rings. The van der Waals surface area contributed by atoms with E-state index >= 15 is 0 Å². The van der Waals surface area contributed by atoms with E-state index in [1.165, 1.54) is 12.1 Å². The lowest BCUT2D eigenvalue weighted by Crippen LogP contribution is -2.43. The molecule has 3 rings (SSSR count). The van der Waals surface area contributed by atoms with Gasteiger partial charge in [-0.25, -0.2) is 4.79 Å². The summed E-state index contributed by atoms with van der Waals surface area (Å²) in [5, 5.41) is 9.82. The molecule has 1 aliphatic rings. The number of amides is 1. The molecule has 0 bridgehead atoms. The summed E-state index contributed by atoms with van der Waals surface area (Å²) >= 11 is 3.25. The van der Waals surface area contributed by atoms with Crippen LogP contribution in [0.3, 0.4) is 0 Å². The standard InChI is InChI=1S/C19H18BrNO4/c1-11-9-13-5-3-4-6-16(13)21(11)18(23)12(2)25-19(24)15-10-14(20)7-8-17(15)22/h3-8,10-12,22H,9H2,1-2H3/t11-,12+/m0/s1. The predicted octanol–water partition coefficient (Wildman–Crippen LogP) is 3.68. The average Bonchev–Trinajstić information content (AvgIpc) is 2.91. The normalized spacial score (nSPS) is 17.1. The van der Waals surface area contributed by atoms with Gasteiger partial charge in [0.1, 0.15) is 11.3 Å².